The number of carbonyl (C=O) groups is 2. The van der Waals surface area contributed by atoms with Crippen LogP contribution in [0, 0.1) is 0 Å². The Bertz CT molecular complexity index is 897. The predicted octanol–water partition coefficient (Wildman–Crippen LogP) is 3.64. The molecule has 0 aliphatic heterocycles. The molecule has 0 aromatic heterocycles. The van der Waals surface area contributed by atoms with Crippen LogP contribution in [-0.2, 0) is 22.1 Å². The SMILES string of the molecule is Nc1cc(C(F)(F)F)ccc1C(=O)OCC(=O)N[C@@H]1CCCc2ccccc21. The van der Waals surface area contributed by atoms with Crippen molar-refractivity contribution in [3.05, 3.63) is 64.7 Å². The lowest BCUT2D eigenvalue weighted by Crippen LogP contribution is -2.34. The lowest BCUT2D eigenvalue weighted by molar-refractivity contribution is -0.137. The minimum absolute atomic E-state index is 0.160. The van der Waals surface area contributed by atoms with E-state index in [9.17, 15) is 22.8 Å². The largest absolute Gasteiger partial charge is 0.452 e. The van der Waals surface area contributed by atoms with Crippen molar-refractivity contribution < 1.29 is 27.5 Å². The van der Waals surface area contributed by atoms with Crippen LogP contribution < -0.4 is 11.1 Å². The summed E-state index contributed by atoms with van der Waals surface area (Å²) in [7, 11) is 0. The predicted molar refractivity (Wildman–Crippen MR) is 96.4 cm³/mol. The second-order valence-electron chi connectivity index (χ2n) is 6.59. The van der Waals surface area contributed by atoms with E-state index in [0.717, 1.165) is 37.0 Å². The molecule has 1 amide bonds. The molecule has 0 saturated carbocycles. The Labute approximate surface area is 159 Å². The molecule has 2 aromatic carbocycles. The molecule has 0 spiro atoms. The molecule has 0 fully saturated rings. The van der Waals surface area contributed by atoms with Crippen molar-refractivity contribution in [1.29, 1.82) is 0 Å². The molecule has 148 valence electrons. The summed E-state index contributed by atoms with van der Waals surface area (Å²) in [5.74, 6) is -1.44. The Kier molecular flexibility index (Phi) is 5.58. The third-order valence-corrected chi connectivity index (χ3v) is 4.64. The topological polar surface area (TPSA) is 81.4 Å². The molecule has 28 heavy (non-hydrogen) atoms. The molecule has 0 bridgehead atoms. The van der Waals surface area contributed by atoms with Gasteiger partial charge in [-0.3, -0.25) is 4.79 Å². The number of nitrogen functional groups attached to an aromatic ring is 1. The quantitative estimate of drug-likeness (QED) is 0.615. The third-order valence-electron chi connectivity index (χ3n) is 4.64. The van der Waals surface area contributed by atoms with Gasteiger partial charge < -0.3 is 15.8 Å². The number of esters is 1. The summed E-state index contributed by atoms with van der Waals surface area (Å²) in [6.45, 7) is -0.544. The molecule has 3 N–H and O–H groups in total. The van der Waals surface area contributed by atoms with Crippen LogP contribution in [0.5, 0.6) is 0 Å². The highest BCUT2D eigenvalue weighted by molar-refractivity contribution is 5.96. The first kappa shape index (κ1) is 19.7. The van der Waals surface area contributed by atoms with Crippen molar-refractivity contribution in [3.63, 3.8) is 0 Å². The Morgan fingerprint density at radius 3 is 2.64 bits per heavy atom. The monoisotopic (exact) mass is 392 g/mol. The van der Waals surface area contributed by atoms with Gasteiger partial charge in [-0.1, -0.05) is 24.3 Å². The summed E-state index contributed by atoms with van der Waals surface area (Å²) < 4.78 is 42.9. The average molecular weight is 392 g/mol. The maximum absolute atomic E-state index is 12.7. The summed E-state index contributed by atoms with van der Waals surface area (Å²) in [5, 5.41) is 2.83. The molecule has 1 aliphatic carbocycles. The highest BCUT2D eigenvalue weighted by Gasteiger charge is 2.31. The number of alkyl halides is 3. The number of aryl methyl sites for hydroxylation is 1. The van der Waals surface area contributed by atoms with Crippen LogP contribution in [0.1, 0.15) is 45.9 Å². The second-order valence-corrected chi connectivity index (χ2v) is 6.59. The number of nitrogens with one attached hydrogen (secondary N) is 1. The van der Waals surface area contributed by atoms with E-state index in [4.69, 9.17) is 10.5 Å². The zero-order valence-electron chi connectivity index (χ0n) is 14.9. The molecule has 1 aliphatic rings. The van der Waals surface area contributed by atoms with Crippen LogP contribution >= 0.6 is 0 Å². The van der Waals surface area contributed by atoms with Crippen molar-refractivity contribution in [2.75, 3.05) is 12.3 Å². The second kappa shape index (κ2) is 7.92. The van der Waals surface area contributed by atoms with Gasteiger partial charge in [-0.2, -0.15) is 13.2 Å². The van der Waals surface area contributed by atoms with E-state index >= 15 is 0 Å². The summed E-state index contributed by atoms with van der Waals surface area (Å²) in [4.78, 5) is 24.2. The maximum atomic E-state index is 12.7. The standard InChI is InChI=1S/C20H19F3N2O3/c21-20(22,23)13-8-9-15(16(24)10-13)19(27)28-11-18(26)25-17-7-3-5-12-4-1-2-6-14(12)17/h1-2,4,6,8-10,17H,3,5,7,11,24H2,(H,25,26)/t17-/m1/s1. The molecule has 8 heteroatoms. The number of ether oxygens (including phenoxy) is 1. The van der Waals surface area contributed by atoms with Gasteiger partial charge in [-0.15, -0.1) is 0 Å². The molecule has 5 nitrogen and oxygen atoms in total. The molecule has 2 aromatic rings. The normalized spacial score (nSPS) is 16.2. The van der Waals surface area contributed by atoms with E-state index in [1.165, 1.54) is 5.56 Å². The molecule has 0 saturated heterocycles. The summed E-state index contributed by atoms with van der Waals surface area (Å²) in [6.07, 6.45) is -1.90. The minimum Gasteiger partial charge on any atom is -0.452 e. The molecular weight excluding hydrogens is 373 g/mol. The zero-order chi connectivity index (χ0) is 20.3. The first-order valence-electron chi connectivity index (χ1n) is 8.76. The van der Waals surface area contributed by atoms with E-state index in [1.807, 2.05) is 24.3 Å². The van der Waals surface area contributed by atoms with Gasteiger partial charge in [-0.05, 0) is 48.6 Å². The number of rotatable bonds is 4. The van der Waals surface area contributed by atoms with Gasteiger partial charge in [0.25, 0.3) is 5.91 Å². The number of anilines is 1. The van der Waals surface area contributed by atoms with Gasteiger partial charge >= 0.3 is 12.1 Å². The van der Waals surface area contributed by atoms with E-state index in [0.29, 0.717) is 6.07 Å². The summed E-state index contributed by atoms with van der Waals surface area (Å²) >= 11 is 0. The first-order valence-corrected chi connectivity index (χ1v) is 8.76. The van der Waals surface area contributed by atoms with Crippen molar-refractivity contribution in [2.45, 2.75) is 31.5 Å². The number of hydrogen-bond donors (Lipinski definition) is 2. The highest BCUT2D eigenvalue weighted by Crippen LogP contribution is 2.32. The van der Waals surface area contributed by atoms with Gasteiger partial charge in [0.05, 0.1) is 17.2 Å². The van der Waals surface area contributed by atoms with Crippen LogP contribution in [0.2, 0.25) is 0 Å². The highest BCUT2D eigenvalue weighted by atomic mass is 19.4. The fourth-order valence-corrected chi connectivity index (χ4v) is 3.27. The number of halogens is 3. The number of hydrogen-bond acceptors (Lipinski definition) is 4. The van der Waals surface area contributed by atoms with E-state index < -0.39 is 30.2 Å². The Balaban J connectivity index is 1.59. The molecular formula is C20H19F3N2O3. The van der Waals surface area contributed by atoms with E-state index in [2.05, 4.69) is 5.32 Å². The number of fused-ring (bicyclic) bond motifs is 1. The molecule has 1 atom stereocenters. The number of amides is 1. The lowest BCUT2D eigenvalue weighted by Gasteiger charge is -2.26. The third kappa shape index (κ3) is 4.44. The van der Waals surface area contributed by atoms with Crippen LogP contribution in [-0.4, -0.2) is 18.5 Å². The minimum atomic E-state index is -4.56. The van der Waals surface area contributed by atoms with Crippen LogP contribution in [0.3, 0.4) is 0 Å². The maximum Gasteiger partial charge on any atom is 0.416 e. The van der Waals surface area contributed by atoms with Gasteiger partial charge in [0.2, 0.25) is 0 Å². The number of carbonyl (C=O) groups excluding carboxylic acids is 2. The Morgan fingerprint density at radius 2 is 1.93 bits per heavy atom. The van der Waals surface area contributed by atoms with Crippen molar-refractivity contribution >= 4 is 17.6 Å². The van der Waals surface area contributed by atoms with E-state index in [-0.39, 0.29) is 17.3 Å². The Morgan fingerprint density at radius 1 is 1.18 bits per heavy atom. The van der Waals surface area contributed by atoms with Gasteiger partial charge in [0.1, 0.15) is 0 Å². The number of nitrogens with two attached hydrogens (primary N) is 1. The van der Waals surface area contributed by atoms with Gasteiger partial charge in [0, 0.05) is 5.69 Å². The lowest BCUT2D eigenvalue weighted by atomic mass is 9.88. The Hall–Kier alpha value is -3.03. The molecule has 3 rings (SSSR count). The van der Waals surface area contributed by atoms with Crippen molar-refractivity contribution in [2.24, 2.45) is 0 Å². The van der Waals surface area contributed by atoms with E-state index in [1.54, 1.807) is 0 Å². The van der Waals surface area contributed by atoms with Crippen LogP contribution in [0.15, 0.2) is 42.5 Å². The van der Waals surface area contributed by atoms with Gasteiger partial charge in [-0.25, -0.2) is 4.79 Å². The van der Waals surface area contributed by atoms with Crippen LogP contribution in [0.4, 0.5) is 18.9 Å². The molecule has 0 heterocycles. The summed E-state index contributed by atoms with van der Waals surface area (Å²) in [5.41, 5.74) is 6.20. The van der Waals surface area contributed by atoms with Gasteiger partial charge in [0.15, 0.2) is 6.61 Å². The molecule has 0 unspecified atom stereocenters. The van der Waals surface area contributed by atoms with Crippen molar-refractivity contribution in [1.82, 2.24) is 5.32 Å². The zero-order valence-corrected chi connectivity index (χ0v) is 14.9. The first-order chi connectivity index (χ1) is 13.3. The summed E-state index contributed by atoms with van der Waals surface area (Å²) in [6, 6.07) is 10.00. The fourth-order valence-electron chi connectivity index (χ4n) is 3.27. The van der Waals surface area contributed by atoms with Crippen molar-refractivity contribution in [3.8, 4) is 0 Å². The van der Waals surface area contributed by atoms with Crippen LogP contribution in [0.25, 0.3) is 0 Å². The fraction of sp³-hybridized carbons (Fsp3) is 0.300. The number of benzene rings is 2. The molecule has 0 radical (unpaired) electrons. The smallest absolute Gasteiger partial charge is 0.416 e. The average Bonchev–Trinajstić information content (AvgIpc) is 2.65.